The smallest absolute Gasteiger partial charge is 0.306 e. The fourth-order valence-corrected chi connectivity index (χ4v) is 8.56. The van der Waals surface area contributed by atoms with E-state index in [4.69, 9.17) is 14.2 Å². The summed E-state index contributed by atoms with van der Waals surface area (Å²) in [7, 11) is 0. The number of rotatable bonds is 56. The second-order valence-corrected chi connectivity index (χ2v) is 20.6. The van der Waals surface area contributed by atoms with Crippen molar-refractivity contribution in [2.75, 3.05) is 13.2 Å². The van der Waals surface area contributed by atoms with E-state index in [1.54, 1.807) is 0 Å². The van der Waals surface area contributed by atoms with Crippen molar-refractivity contribution in [1.29, 1.82) is 0 Å². The van der Waals surface area contributed by atoms with Crippen LogP contribution in [0.15, 0.2) is 122 Å². The Bertz CT molecular complexity index is 1590. The first-order valence-electron chi connectivity index (χ1n) is 31.5. The molecule has 0 aromatic rings. The van der Waals surface area contributed by atoms with Crippen molar-refractivity contribution >= 4 is 17.9 Å². The lowest BCUT2D eigenvalue weighted by molar-refractivity contribution is -0.167. The lowest BCUT2D eigenvalue weighted by atomic mass is 10.0. The molecule has 6 heteroatoms. The zero-order chi connectivity index (χ0) is 55.0. The lowest BCUT2D eigenvalue weighted by Crippen LogP contribution is -2.30. The van der Waals surface area contributed by atoms with Gasteiger partial charge in [0.05, 0.1) is 0 Å². The maximum atomic E-state index is 12.8. The highest BCUT2D eigenvalue weighted by Gasteiger charge is 2.19. The van der Waals surface area contributed by atoms with E-state index < -0.39 is 6.10 Å². The molecule has 0 aromatic heterocycles. The predicted molar refractivity (Wildman–Crippen MR) is 330 cm³/mol. The van der Waals surface area contributed by atoms with Crippen molar-refractivity contribution in [3.8, 4) is 0 Å². The lowest BCUT2D eigenvalue weighted by Gasteiger charge is -2.18. The Morgan fingerprint density at radius 3 is 0.816 bits per heavy atom. The Kier molecular flexibility index (Phi) is 59.9. The highest BCUT2D eigenvalue weighted by atomic mass is 16.6. The zero-order valence-corrected chi connectivity index (χ0v) is 49.5. The summed E-state index contributed by atoms with van der Waals surface area (Å²) in [6.07, 6.45) is 88.2. The van der Waals surface area contributed by atoms with Crippen molar-refractivity contribution in [3.05, 3.63) is 122 Å². The van der Waals surface area contributed by atoms with E-state index >= 15 is 0 Å². The van der Waals surface area contributed by atoms with Gasteiger partial charge >= 0.3 is 17.9 Å². The molecule has 0 saturated heterocycles. The molecule has 76 heavy (non-hydrogen) atoms. The molecule has 432 valence electrons. The quantitative estimate of drug-likeness (QED) is 0.0261. The van der Waals surface area contributed by atoms with Gasteiger partial charge in [0, 0.05) is 19.3 Å². The minimum Gasteiger partial charge on any atom is -0.462 e. The third-order valence-electron chi connectivity index (χ3n) is 13.2. The number of hydrogen-bond acceptors (Lipinski definition) is 6. The predicted octanol–water partition coefficient (Wildman–Crippen LogP) is 21.6. The molecule has 0 saturated carbocycles. The summed E-state index contributed by atoms with van der Waals surface area (Å²) in [5.74, 6) is -0.930. The van der Waals surface area contributed by atoms with E-state index in [9.17, 15) is 14.4 Å². The van der Waals surface area contributed by atoms with Crippen molar-refractivity contribution in [2.45, 2.75) is 290 Å². The van der Waals surface area contributed by atoms with Crippen LogP contribution in [0.5, 0.6) is 0 Å². The van der Waals surface area contributed by atoms with Crippen molar-refractivity contribution in [2.24, 2.45) is 0 Å². The minimum atomic E-state index is -0.793. The Labute approximate surface area is 469 Å². The van der Waals surface area contributed by atoms with Crippen LogP contribution in [0.3, 0.4) is 0 Å². The third kappa shape index (κ3) is 60.7. The fourth-order valence-electron chi connectivity index (χ4n) is 8.56. The van der Waals surface area contributed by atoms with E-state index in [2.05, 4.69) is 142 Å². The molecule has 0 heterocycles. The minimum absolute atomic E-state index is 0.0909. The van der Waals surface area contributed by atoms with Crippen LogP contribution in [0.4, 0.5) is 0 Å². The second kappa shape index (κ2) is 63.3. The Hall–Kier alpha value is -4.19. The summed E-state index contributed by atoms with van der Waals surface area (Å²) in [6, 6.07) is 0. The fraction of sp³-hybridized carbons (Fsp3) is 0.671. The topological polar surface area (TPSA) is 78.9 Å². The van der Waals surface area contributed by atoms with Gasteiger partial charge in [-0.15, -0.1) is 0 Å². The molecular weight excluding hydrogens is 937 g/mol. The van der Waals surface area contributed by atoms with Crippen LogP contribution >= 0.6 is 0 Å². The average molecular weight is 1050 g/mol. The molecule has 6 nitrogen and oxygen atoms in total. The van der Waals surface area contributed by atoms with Gasteiger partial charge in [-0.1, -0.05) is 277 Å². The van der Waals surface area contributed by atoms with Gasteiger partial charge in [-0.2, -0.15) is 0 Å². The Morgan fingerprint density at radius 1 is 0.276 bits per heavy atom. The second-order valence-electron chi connectivity index (χ2n) is 20.6. The summed E-state index contributed by atoms with van der Waals surface area (Å²) in [5.41, 5.74) is 0. The van der Waals surface area contributed by atoms with Gasteiger partial charge in [0.2, 0.25) is 0 Å². The van der Waals surface area contributed by atoms with Gasteiger partial charge in [-0.05, 0) is 109 Å². The standard InChI is InChI=1S/C70H116O6/c1-4-7-10-13-16-18-20-22-24-26-28-29-30-31-32-33-34-35-36-37-38-39-40-41-43-44-46-48-50-52-54-57-60-63-69(72)75-66-67(65-74-68(71)62-59-56-15-12-9-6-3)76-70(73)64-61-58-55-53-51-49-47-45-42-27-25-23-21-19-17-14-11-8-5-2/h7-8,10-11,16-19,22-25,28-29,31-32,42,45,49,51,67H,4-6,9,12-15,20-21,26-27,30,33-41,43-44,46-48,50,52-66H2,1-3H3/b10-7-,11-8-,18-16-,19-17-,24-22-,25-23-,29-28-,32-31-,45-42-,51-49-. The Balaban J connectivity index is 4.06. The maximum absolute atomic E-state index is 12.8. The average Bonchev–Trinajstić information content (AvgIpc) is 3.42. The van der Waals surface area contributed by atoms with Gasteiger partial charge < -0.3 is 14.2 Å². The van der Waals surface area contributed by atoms with Crippen LogP contribution in [0.1, 0.15) is 284 Å². The molecule has 0 spiro atoms. The molecular formula is C70H116O6. The zero-order valence-electron chi connectivity index (χ0n) is 49.5. The van der Waals surface area contributed by atoms with Crippen molar-refractivity contribution in [3.63, 3.8) is 0 Å². The van der Waals surface area contributed by atoms with E-state index in [1.165, 1.54) is 116 Å². The first kappa shape index (κ1) is 71.8. The largest absolute Gasteiger partial charge is 0.462 e. The van der Waals surface area contributed by atoms with E-state index in [0.717, 1.165) is 128 Å². The molecule has 0 rings (SSSR count). The number of hydrogen-bond donors (Lipinski definition) is 0. The SMILES string of the molecule is CC/C=C\C/C=C\C/C=C\C/C=C\C/C=C\CCCCCCCCCCCCCCCCCCCC(=O)OCC(COC(=O)CCCCCCCC)OC(=O)CCCCC/C=C\C/C=C\C/C=C\C/C=C\C/C=C\CC. The third-order valence-corrected chi connectivity index (χ3v) is 13.2. The van der Waals surface area contributed by atoms with Gasteiger partial charge in [0.15, 0.2) is 6.10 Å². The number of carbonyl (C=O) groups excluding carboxylic acids is 3. The first-order chi connectivity index (χ1) is 37.5. The number of carbonyl (C=O) groups is 3. The maximum Gasteiger partial charge on any atom is 0.306 e. The number of ether oxygens (including phenoxy) is 3. The normalized spacial score (nSPS) is 12.9. The van der Waals surface area contributed by atoms with Gasteiger partial charge in [-0.25, -0.2) is 0 Å². The van der Waals surface area contributed by atoms with E-state index in [1.807, 2.05) is 0 Å². The first-order valence-corrected chi connectivity index (χ1v) is 31.5. The summed E-state index contributed by atoms with van der Waals surface area (Å²) in [5, 5.41) is 0. The molecule has 0 aromatic carbocycles. The van der Waals surface area contributed by atoms with Gasteiger partial charge in [-0.3, -0.25) is 14.4 Å². The molecule has 0 aliphatic rings. The number of allylic oxidation sites excluding steroid dienone is 20. The highest BCUT2D eigenvalue weighted by Crippen LogP contribution is 2.16. The molecule has 0 fully saturated rings. The Morgan fingerprint density at radius 2 is 0.513 bits per heavy atom. The van der Waals surface area contributed by atoms with Crippen LogP contribution in [0.25, 0.3) is 0 Å². The summed E-state index contributed by atoms with van der Waals surface area (Å²) in [4.78, 5) is 38.0. The summed E-state index contributed by atoms with van der Waals surface area (Å²) in [6.45, 7) is 6.33. The monoisotopic (exact) mass is 1050 g/mol. The summed E-state index contributed by atoms with van der Waals surface area (Å²) < 4.78 is 16.8. The van der Waals surface area contributed by atoms with E-state index in [-0.39, 0.29) is 37.5 Å². The molecule has 0 amide bonds. The molecule has 1 atom stereocenters. The highest BCUT2D eigenvalue weighted by molar-refractivity contribution is 5.71. The summed E-state index contributed by atoms with van der Waals surface area (Å²) >= 11 is 0. The van der Waals surface area contributed by atoms with Crippen LogP contribution in [-0.2, 0) is 28.6 Å². The number of unbranched alkanes of at least 4 members (excludes halogenated alkanes) is 25. The van der Waals surface area contributed by atoms with Crippen LogP contribution in [0.2, 0.25) is 0 Å². The van der Waals surface area contributed by atoms with Gasteiger partial charge in [0.25, 0.3) is 0 Å². The van der Waals surface area contributed by atoms with Gasteiger partial charge in [0.1, 0.15) is 13.2 Å². The van der Waals surface area contributed by atoms with Crippen molar-refractivity contribution < 1.29 is 28.6 Å². The number of esters is 3. The van der Waals surface area contributed by atoms with Crippen LogP contribution < -0.4 is 0 Å². The van der Waals surface area contributed by atoms with Crippen LogP contribution in [0, 0.1) is 0 Å². The molecule has 0 N–H and O–H groups in total. The molecule has 0 aliphatic heterocycles. The van der Waals surface area contributed by atoms with Crippen LogP contribution in [-0.4, -0.2) is 37.2 Å². The van der Waals surface area contributed by atoms with E-state index in [0.29, 0.717) is 12.8 Å². The van der Waals surface area contributed by atoms with Crippen molar-refractivity contribution in [1.82, 2.24) is 0 Å². The molecule has 0 radical (unpaired) electrons. The molecule has 0 bridgehead atoms. The molecule has 1 unspecified atom stereocenters. The molecule has 0 aliphatic carbocycles.